The third-order valence-corrected chi connectivity index (χ3v) is 7.48. The predicted octanol–water partition coefficient (Wildman–Crippen LogP) is 3.12. The van der Waals surface area contributed by atoms with E-state index in [1.54, 1.807) is 6.07 Å². The van der Waals surface area contributed by atoms with Crippen LogP contribution in [0.2, 0.25) is 5.02 Å². The lowest BCUT2D eigenvalue weighted by Crippen LogP contribution is -2.49. The molecule has 0 unspecified atom stereocenters. The average Bonchev–Trinajstić information content (AvgIpc) is 3.52. The number of halogens is 4. The lowest BCUT2D eigenvalue weighted by Gasteiger charge is -2.39. The van der Waals surface area contributed by atoms with Crippen molar-refractivity contribution in [2.24, 2.45) is 0 Å². The van der Waals surface area contributed by atoms with E-state index in [0.29, 0.717) is 24.7 Å². The van der Waals surface area contributed by atoms with Gasteiger partial charge in [-0.15, -0.1) is 0 Å². The van der Waals surface area contributed by atoms with Gasteiger partial charge in [-0.2, -0.15) is 13.2 Å². The van der Waals surface area contributed by atoms with Crippen LogP contribution >= 0.6 is 11.6 Å². The summed E-state index contributed by atoms with van der Waals surface area (Å²) in [5.41, 5.74) is 0.743. The van der Waals surface area contributed by atoms with E-state index in [4.69, 9.17) is 25.9 Å². The second-order valence-corrected chi connectivity index (χ2v) is 10.8. The van der Waals surface area contributed by atoms with Gasteiger partial charge < -0.3 is 29.3 Å². The number of hydrogen-bond donors (Lipinski definition) is 2. The van der Waals surface area contributed by atoms with Gasteiger partial charge in [-0.1, -0.05) is 11.6 Å². The molecule has 0 aliphatic carbocycles. The zero-order valence-corrected chi connectivity index (χ0v) is 22.5. The summed E-state index contributed by atoms with van der Waals surface area (Å²) >= 11 is 6.11. The molecule has 3 aliphatic heterocycles. The number of phenols is 1. The minimum Gasteiger partial charge on any atom is -0.508 e. The van der Waals surface area contributed by atoms with Crippen molar-refractivity contribution < 1.29 is 52.0 Å². The zero-order valence-electron chi connectivity index (χ0n) is 21.7. The first-order valence-electron chi connectivity index (χ1n) is 13.0. The summed E-state index contributed by atoms with van der Waals surface area (Å²) in [6, 6.07) is 9.29. The van der Waals surface area contributed by atoms with Crippen LogP contribution in [0, 0.1) is 0 Å². The van der Waals surface area contributed by atoms with Crippen LogP contribution in [0.4, 0.5) is 13.2 Å². The number of aliphatic hydroxyl groups is 1. The van der Waals surface area contributed by atoms with E-state index in [1.165, 1.54) is 18.2 Å². The standard InChI is InChI=1S/C27H28ClF3N2O8/c28-17-1-4-22-16(9-17)11-26(41-22)5-7-32(8-6-26)12-19(35)14-38-23-10-18(34)2-3-21(23)24(36)33-13-20(15-39-33)40-25(37)27(29,30)31/h1-4,9-10,19-20,34-35H,5-8,11-15H2/t19-,20+/m1/s1. The number of alkyl halides is 3. The Bertz CT molecular complexity index is 1300. The number of carbonyl (C=O) groups is 2. The number of β-amino-alcohol motifs (C(OH)–C–C–N with tert-alkyl or cyclic N) is 1. The smallest absolute Gasteiger partial charge is 0.490 e. The van der Waals surface area contributed by atoms with Crippen molar-refractivity contribution in [1.82, 2.24) is 9.96 Å². The van der Waals surface area contributed by atoms with Crippen LogP contribution in [-0.4, -0.2) is 95.4 Å². The number of hydrogen-bond acceptors (Lipinski definition) is 9. The summed E-state index contributed by atoms with van der Waals surface area (Å²) in [5, 5.41) is 22.0. The van der Waals surface area contributed by atoms with Crippen LogP contribution in [0.1, 0.15) is 28.8 Å². The lowest BCUT2D eigenvalue weighted by atomic mass is 9.87. The number of ether oxygens (including phenoxy) is 3. The van der Waals surface area contributed by atoms with Gasteiger partial charge in [0.15, 0.2) is 0 Å². The summed E-state index contributed by atoms with van der Waals surface area (Å²) in [5.74, 6) is -2.56. The maximum atomic E-state index is 13.0. The monoisotopic (exact) mass is 600 g/mol. The molecule has 1 amide bonds. The number of hydroxylamine groups is 2. The van der Waals surface area contributed by atoms with Gasteiger partial charge >= 0.3 is 12.1 Å². The van der Waals surface area contributed by atoms with Crippen molar-refractivity contribution in [2.75, 3.05) is 39.4 Å². The molecule has 2 fully saturated rings. The van der Waals surface area contributed by atoms with Gasteiger partial charge in [0.25, 0.3) is 5.91 Å². The molecular formula is C27H28ClF3N2O8. The van der Waals surface area contributed by atoms with Crippen LogP contribution in [-0.2, 0) is 20.8 Å². The molecule has 3 heterocycles. The van der Waals surface area contributed by atoms with Crippen molar-refractivity contribution >= 4 is 23.5 Å². The average molecular weight is 601 g/mol. The SMILES string of the molecule is O=C(c1ccc(O)cc1OC[C@H](O)CN1CCC2(CC1)Cc1cc(Cl)ccc1O2)N1C[C@H](OC(=O)C(F)(F)F)CO1. The minimum atomic E-state index is -5.17. The lowest BCUT2D eigenvalue weighted by molar-refractivity contribution is -0.204. The van der Waals surface area contributed by atoms with Gasteiger partial charge in [-0.3, -0.25) is 9.63 Å². The molecule has 2 saturated heterocycles. The fourth-order valence-corrected chi connectivity index (χ4v) is 5.39. The molecule has 3 aliphatic rings. The zero-order chi connectivity index (χ0) is 29.4. The molecule has 0 bridgehead atoms. The number of piperidine rings is 1. The van der Waals surface area contributed by atoms with Gasteiger partial charge in [0.05, 0.1) is 12.1 Å². The number of amides is 1. The third-order valence-electron chi connectivity index (χ3n) is 7.24. The first kappa shape index (κ1) is 29.2. The van der Waals surface area contributed by atoms with Crippen molar-refractivity contribution in [3.05, 3.63) is 52.5 Å². The molecule has 0 radical (unpaired) electrons. The number of phenolic OH excluding ortho intramolecular Hbond substituents is 1. The summed E-state index contributed by atoms with van der Waals surface area (Å²) in [4.78, 5) is 31.3. The summed E-state index contributed by atoms with van der Waals surface area (Å²) < 4.78 is 53.7. The Morgan fingerprint density at radius 2 is 1.93 bits per heavy atom. The Kier molecular flexibility index (Phi) is 8.24. The molecule has 2 atom stereocenters. The molecule has 10 nitrogen and oxygen atoms in total. The highest BCUT2D eigenvalue weighted by Gasteiger charge is 2.44. The van der Waals surface area contributed by atoms with E-state index in [-0.39, 0.29) is 29.3 Å². The Morgan fingerprint density at radius 3 is 2.66 bits per heavy atom. The van der Waals surface area contributed by atoms with Crippen molar-refractivity contribution in [3.8, 4) is 17.2 Å². The highest BCUT2D eigenvalue weighted by Crippen LogP contribution is 2.42. The number of benzene rings is 2. The second kappa shape index (κ2) is 11.6. The topological polar surface area (TPSA) is 118 Å². The molecule has 2 aromatic carbocycles. The third kappa shape index (κ3) is 6.80. The number of esters is 1. The summed E-state index contributed by atoms with van der Waals surface area (Å²) in [6.45, 7) is 0.628. The minimum absolute atomic E-state index is 0.0539. The van der Waals surface area contributed by atoms with E-state index < -0.39 is 43.4 Å². The number of likely N-dealkylation sites (tertiary alicyclic amines) is 1. The van der Waals surface area contributed by atoms with Gasteiger partial charge in [-0.25, -0.2) is 9.86 Å². The molecule has 222 valence electrons. The normalized spacial score (nSPS) is 20.9. The number of carbonyl (C=O) groups excluding carboxylic acids is 2. The van der Waals surface area contributed by atoms with Gasteiger partial charge in [0.1, 0.15) is 48.3 Å². The maximum Gasteiger partial charge on any atom is 0.490 e. The highest BCUT2D eigenvalue weighted by atomic mass is 35.5. The Labute approximate surface area is 238 Å². The van der Waals surface area contributed by atoms with Gasteiger partial charge in [0.2, 0.25) is 0 Å². The van der Waals surface area contributed by atoms with Crippen molar-refractivity contribution in [3.63, 3.8) is 0 Å². The van der Waals surface area contributed by atoms with Crippen LogP contribution in [0.5, 0.6) is 17.2 Å². The van der Waals surface area contributed by atoms with E-state index in [2.05, 4.69) is 9.64 Å². The highest BCUT2D eigenvalue weighted by molar-refractivity contribution is 6.30. The Morgan fingerprint density at radius 1 is 1.17 bits per heavy atom. The molecule has 0 saturated carbocycles. The fraction of sp³-hybridized carbons (Fsp3) is 0.481. The largest absolute Gasteiger partial charge is 0.508 e. The molecule has 5 rings (SSSR count). The van der Waals surface area contributed by atoms with E-state index in [9.17, 15) is 33.0 Å². The number of fused-ring (bicyclic) bond motifs is 1. The number of aromatic hydroxyl groups is 1. The molecule has 2 aromatic rings. The van der Waals surface area contributed by atoms with Crippen LogP contribution < -0.4 is 9.47 Å². The Hall–Kier alpha value is -3.26. The summed E-state index contributed by atoms with van der Waals surface area (Å²) in [7, 11) is 0. The molecular weight excluding hydrogens is 573 g/mol. The second-order valence-electron chi connectivity index (χ2n) is 10.3. The molecule has 1 spiro atoms. The van der Waals surface area contributed by atoms with Crippen molar-refractivity contribution in [1.29, 1.82) is 0 Å². The van der Waals surface area contributed by atoms with E-state index in [1.807, 2.05) is 12.1 Å². The molecule has 2 N–H and O–H groups in total. The predicted molar refractivity (Wildman–Crippen MR) is 137 cm³/mol. The first-order chi connectivity index (χ1) is 19.4. The number of nitrogens with zero attached hydrogens (tertiary/aromatic N) is 2. The number of rotatable bonds is 7. The quantitative estimate of drug-likeness (QED) is 0.462. The van der Waals surface area contributed by atoms with Crippen LogP contribution in [0.3, 0.4) is 0 Å². The summed E-state index contributed by atoms with van der Waals surface area (Å²) in [6.07, 6.45) is -5.08. The molecule has 14 heteroatoms. The maximum absolute atomic E-state index is 13.0. The van der Waals surface area contributed by atoms with Crippen LogP contribution in [0.15, 0.2) is 36.4 Å². The van der Waals surface area contributed by atoms with E-state index in [0.717, 1.165) is 35.6 Å². The molecule has 0 aromatic heterocycles. The van der Waals surface area contributed by atoms with Gasteiger partial charge in [0, 0.05) is 50.0 Å². The molecule has 41 heavy (non-hydrogen) atoms. The first-order valence-corrected chi connectivity index (χ1v) is 13.3. The fourth-order valence-electron chi connectivity index (χ4n) is 5.20. The van der Waals surface area contributed by atoms with Gasteiger partial charge in [-0.05, 0) is 35.9 Å². The van der Waals surface area contributed by atoms with E-state index >= 15 is 0 Å². The van der Waals surface area contributed by atoms with Crippen LogP contribution in [0.25, 0.3) is 0 Å². The van der Waals surface area contributed by atoms with Crippen molar-refractivity contribution in [2.45, 2.75) is 43.2 Å². The number of aliphatic hydroxyl groups excluding tert-OH is 1. The Balaban J connectivity index is 1.12.